The van der Waals surface area contributed by atoms with Crippen molar-refractivity contribution in [2.45, 2.75) is 58.5 Å². The van der Waals surface area contributed by atoms with Gasteiger partial charge in [0.1, 0.15) is 0 Å². The Bertz CT molecular complexity index is 277. The van der Waals surface area contributed by atoms with Crippen molar-refractivity contribution >= 4 is 0 Å². The van der Waals surface area contributed by atoms with Crippen molar-refractivity contribution in [2.75, 3.05) is 0 Å². The largest absolute Gasteiger partial charge is 0.550 e. The molecule has 0 aliphatic heterocycles. The van der Waals surface area contributed by atoms with Crippen LogP contribution in [-0.4, -0.2) is 5.60 Å². The Balaban J connectivity index is 2.19. The maximum atomic E-state index is 5.40. The van der Waals surface area contributed by atoms with Crippen LogP contribution in [0.3, 0.4) is 0 Å². The molecule has 1 heteroatoms. The Kier molecular flexibility index (Phi) is 2.70. The lowest BCUT2D eigenvalue weighted by Crippen LogP contribution is -2.40. The summed E-state index contributed by atoms with van der Waals surface area (Å²) in [5.74, 6) is 0.787. The highest BCUT2D eigenvalue weighted by molar-refractivity contribution is 5.20. The molecule has 0 aromatic heterocycles. The molecule has 2 rings (SSSR count). The summed E-state index contributed by atoms with van der Waals surface area (Å²) < 4.78 is 5.40. The molecule has 0 N–H and O–H groups in total. The average Bonchev–Trinajstić information content (AvgIpc) is 2.17. The van der Waals surface area contributed by atoms with Crippen LogP contribution in [0.4, 0.5) is 0 Å². The molecule has 0 aromatic carbocycles. The van der Waals surface area contributed by atoms with E-state index in [1.807, 2.05) is 0 Å². The molecule has 0 spiro atoms. The lowest BCUT2D eigenvalue weighted by atomic mass is 9.61. The summed E-state index contributed by atoms with van der Waals surface area (Å²) in [6.45, 7) is 7.02. The van der Waals surface area contributed by atoms with E-state index in [0.717, 1.165) is 18.8 Å². The minimum absolute atomic E-state index is 0.00421. The summed E-state index contributed by atoms with van der Waals surface area (Å²) >= 11 is 0. The number of ether oxygens (including phenoxy) is 1. The summed E-state index contributed by atoms with van der Waals surface area (Å²) in [6, 6.07) is 0. The molecule has 1 saturated carbocycles. The van der Waals surface area contributed by atoms with Gasteiger partial charge in [0.05, 0.1) is 0 Å². The molecule has 2 unspecified atom stereocenters. The Morgan fingerprint density at radius 2 is 2.07 bits per heavy atom. The standard InChI is InChI=1S/C14H23O/c1-13(2)8-5-6-11-10-14(3,15-4)9-7-12(11)13/h6,12H,4-5,7-10H2,1-3H3/q-1. The molecule has 0 heterocycles. The van der Waals surface area contributed by atoms with Gasteiger partial charge in [-0.05, 0) is 50.4 Å². The van der Waals surface area contributed by atoms with Gasteiger partial charge in [0.25, 0.3) is 0 Å². The normalized spacial score (nSPS) is 39.5. The van der Waals surface area contributed by atoms with Crippen LogP contribution in [0.25, 0.3) is 0 Å². The number of allylic oxidation sites excluding steroid dienone is 1. The van der Waals surface area contributed by atoms with E-state index >= 15 is 0 Å². The molecular weight excluding hydrogens is 184 g/mol. The highest BCUT2D eigenvalue weighted by atomic mass is 16.5. The topological polar surface area (TPSA) is 9.23 Å². The van der Waals surface area contributed by atoms with Gasteiger partial charge in [-0.2, -0.15) is 0 Å². The minimum atomic E-state index is -0.00421. The second-order valence-electron chi connectivity index (χ2n) is 6.17. The van der Waals surface area contributed by atoms with Crippen molar-refractivity contribution in [2.24, 2.45) is 11.3 Å². The first-order valence-corrected chi connectivity index (χ1v) is 6.09. The van der Waals surface area contributed by atoms with Crippen molar-refractivity contribution < 1.29 is 4.74 Å². The second kappa shape index (κ2) is 3.62. The van der Waals surface area contributed by atoms with E-state index in [9.17, 15) is 0 Å². The quantitative estimate of drug-likeness (QED) is 0.464. The van der Waals surface area contributed by atoms with E-state index in [1.54, 1.807) is 5.57 Å². The molecule has 2 atom stereocenters. The van der Waals surface area contributed by atoms with Crippen LogP contribution in [-0.2, 0) is 4.74 Å². The first-order valence-electron chi connectivity index (χ1n) is 6.09. The Labute approximate surface area is 93.9 Å². The zero-order valence-corrected chi connectivity index (χ0v) is 10.3. The predicted octanol–water partition coefficient (Wildman–Crippen LogP) is 4.10. The van der Waals surface area contributed by atoms with Crippen molar-refractivity contribution in [1.29, 1.82) is 0 Å². The molecule has 1 nitrogen and oxygen atoms in total. The number of rotatable bonds is 1. The molecular formula is C14H23O-. The zero-order valence-electron chi connectivity index (χ0n) is 10.3. The van der Waals surface area contributed by atoms with Crippen molar-refractivity contribution in [3.8, 4) is 0 Å². The number of fused-ring (bicyclic) bond motifs is 1. The fourth-order valence-corrected chi connectivity index (χ4v) is 3.31. The van der Waals surface area contributed by atoms with E-state index in [-0.39, 0.29) is 5.60 Å². The van der Waals surface area contributed by atoms with Crippen LogP contribution < -0.4 is 0 Å². The van der Waals surface area contributed by atoms with Gasteiger partial charge in [-0.1, -0.05) is 25.5 Å². The summed E-state index contributed by atoms with van der Waals surface area (Å²) in [4.78, 5) is 0. The first kappa shape index (κ1) is 11.2. The second-order valence-corrected chi connectivity index (χ2v) is 6.17. The van der Waals surface area contributed by atoms with Crippen LogP contribution in [0.1, 0.15) is 52.9 Å². The summed E-state index contributed by atoms with van der Waals surface area (Å²) in [5, 5.41) is 0. The first-order chi connectivity index (χ1) is 6.97. The third-order valence-electron chi connectivity index (χ3n) is 4.47. The molecule has 0 amide bonds. The van der Waals surface area contributed by atoms with Crippen molar-refractivity contribution in [1.82, 2.24) is 0 Å². The molecule has 2 aliphatic carbocycles. The molecule has 0 saturated heterocycles. The van der Waals surface area contributed by atoms with Gasteiger partial charge in [-0.15, -0.1) is 0 Å². The summed E-state index contributed by atoms with van der Waals surface area (Å²) in [5.41, 5.74) is 2.12. The molecule has 0 radical (unpaired) electrons. The third-order valence-corrected chi connectivity index (χ3v) is 4.47. The molecule has 1 fully saturated rings. The van der Waals surface area contributed by atoms with Crippen LogP contribution >= 0.6 is 0 Å². The fourth-order valence-electron chi connectivity index (χ4n) is 3.31. The highest BCUT2D eigenvalue weighted by Gasteiger charge is 2.41. The zero-order chi connectivity index (χ0) is 11.1. The van der Waals surface area contributed by atoms with Crippen molar-refractivity contribution in [3.63, 3.8) is 0 Å². The van der Waals surface area contributed by atoms with Gasteiger partial charge in [-0.3, -0.25) is 0 Å². The van der Waals surface area contributed by atoms with Crippen LogP contribution in [0.5, 0.6) is 0 Å². The molecule has 0 bridgehead atoms. The fraction of sp³-hybridized carbons (Fsp3) is 0.786. The SMILES string of the molecule is [CH2-]OC1(C)CCC2C(=CCCC2(C)C)C1. The number of hydrogen-bond acceptors (Lipinski definition) is 1. The lowest BCUT2D eigenvalue weighted by molar-refractivity contribution is -0.00732. The maximum Gasteiger partial charge on any atom is 0.0354 e. The third kappa shape index (κ3) is 1.99. The molecule has 86 valence electrons. The maximum absolute atomic E-state index is 5.40. The molecule has 15 heavy (non-hydrogen) atoms. The van der Waals surface area contributed by atoms with Crippen molar-refractivity contribution in [3.05, 3.63) is 18.8 Å². The molecule has 0 aromatic rings. The minimum Gasteiger partial charge on any atom is -0.550 e. The van der Waals surface area contributed by atoms with E-state index < -0.39 is 0 Å². The molecule has 2 aliphatic rings. The van der Waals surface area contributed by atoms with Gasteiger partial charge >= 0.3 is 0 Å². The van der Waals surface area contributed by atoms with E-state index in [1.165, 1.54) is 19.3 Å². The summed E-state index contributed by atoms with van der Waals surface area (Å²) in [6.07, 6.45) is 8.54. The lowest BCUT2D eigenvalue weighted by Gasteiger charge is -2.48. The highest BCUT2D eigenvalue weighted by Crippen LogP contribution is 2.50. The summed E-state index contributed by atoms with van der Waals surface area (Å²) in [7, 11) is 3.63. The van der Waals surface area contributed by atoms with Gasteiger partial charge in [0.2, 0.25) is 0 Å². The van der Waals surface area contributed by atoms with E-state index in [2.05, 4.69) is 34.0 Å². The Morgan fingerprint density at radius 1 is 1.33 bits per heavy atom. The average molecular weight is 207 g/mol. The van der Waals surface area contributed by atoms with Gasteiger partial charge in [0.15, 0.2) is 0 Å². The van der Waals surface area contributed by atoms with Gasteiger partial charge in [0, 0.05) is 5.60 Å². The number of hydrogen-bond donors (Lipinski definition) is 0. The van der Waals surface area contributed by atoms with Crippen LogP contribution in [0.15, 0.2) is 11.6 Å². The Hall–Kier alpha value is -0.300. The van der Waals surface area contributed by atoms with Gasteiger partial charge in [-0.25, -0.2) is 7.11 Å². The van der Waals surface area contributed by atoms with Crippen LogP contribution in [0, 0.1) is 18.4 Å². The van der Waals surface area contributed by atoms with E-state index in [0.29, 0.717) is 5.41 Å². The Morgan fingerprint density at radius 3 is 2.73 bits per heavy atom. The van der Waals surface area contributed by atoms with Gasteiger partial charge < -0.3 is 4.74 Å². The van der Waals surface area contributed by atoms with E-state index in [4.69, 9.17) is 4.74 Å². The smallest absolute Gasteiger partial charge is 0.0354 e. The van der Waals surface area contributed by atoms with Crippen LogP contribution in [0.2, 0.25) is 0 Å². The monoisotopic (exact) mass is 207 g/mol. The predicted molar refractivity (Wildman–Crippen MR) is 63.3 cm³/mol.